The summed E-state index contributed by atoms with van der Waals surface area (Å²) in [6.07, 6.45) is 5.95. The van der Waals surface area contributed by atoms with Gasteiger partial charge in [-0.15, -0.1) is 11.8 Å². The number of allylic oxidation sites excluding steroid dienone is 4. The summed E-state index contributed by atoms with van der Waals surface area (Å²) in [4.78, 5) is 0. The first-order valence-electron chi connectivity index (χ1n) is 4.19. The first-order valence-corrected chi connectivity index (χ1v) is 4.19. The predicted molar refractivity (Wildman–Crippen MR) is 49.1 cm³/mol. The third kappa shape index (κ3) is 1.98. The highest BCUT2D eigenvalue weighted by molar-refractivity contribution is 5.20. The molecule has 0 saturated heterocycles. The minimum Gasteiger partial charge on any atom is -0.211 e. The molecule has 0 radical (unpaired) electrons. The van der Waals surface area contributed by atoms with E-state index >= 15 is 0 Å². The second kappa shape index (κ2) is 4.11. The second-order valence-electron chi connectivity index (χ2n) is 3.03. The summed E-state index contributed by atoms with van der Waals surface area (Å²) < 4.78 is 13.2. The van der Waals surface area contributed by atoms with Crippen LogP contribution < -0.4 is 0 Å². The number of hydrogen-bond acceptors (Lipinski definition) is 0. The maximum absolute atomic E-state index is 13.2. The van der Waals surface area contributed by atoms with E-state index in [0.29, 0.717) is 6.42 Å². The lowest BCUT2D eigenvalue weighted by Crippen LogP contribution is -2.12. The van der Waals surface area contributed by atoms with Crippen LogP contribution in [0.1, 0.15) is 20.3 Å². The molecule has 1 rings (SSSR count). The van der Waals surface area contributed by atoms with Gasteiger partial charge in [0.2, 0.25) is 0 Å². The zero-order valence-corrected chi connectivity index (χ0v) is 7.47. The summed E-state index contributed by atoms with van der Waals surface area (Å²) in [7, 11) is 0. The lowest BCUT2D eigenvalue weighted by atomic mass is 9.87. The van der Waals surface area contributed by atoms with E-state index in [2.05, 4.69) is 11.8 Å². The first-order chi connectivity index (χ1) is 5.75. The Bertz CT molecular complexity index is 262. The summed E-state index contributed by atoms with van der Waals surface area (Å²) >= 11 is 0. The topological polar surface area (TPSA) is 0 Å². The molecule has 64 valence electrons. The van der Waals surface area contributed by atoms with Crippen molar-refractivity contribution in [2.75, 3.05) is 0 Å². The fraction of sp³-hybridized carbons (Fsp3) is 0.455. The van der Waals surface area contributed by atoms with E-state index in [1.165, 1.54) is 6.08 Å². The van der Waals surface area contributed by atoms with E-state index in [1.54, 1.807) is 13.0 Å². The Kier molecular flexibility index (Phi) is 3.10. The van der Waals surface area contributed by atoms with Gasteiger partial charge in [0, 0.05) is 12.3 Å². The normalized spacial score (nSPS) is 27.4. The Labute approximate surface area is 73.2 Å². The molecule has 0 aromatic carbocycles. The van der Waals surface area contributed by atoms with Crippen molar-refractivity contribution in [3.8, 4) is 11.8 Å². The average Bonchev–Trinajstić information content (AvgIpc) is 2.04. The molecule has 0 aromatic heterocycles. The molecule has 0 heterocycles. The molecule has 0 fully saturated rings. The maximum Gasteiger partial charge on any atom is 0.105 e. The smallest absolute Gasteiger partial charge is 0.105 e. The molecular weight excluding hydrogens is 151 g/mol. The number of rotatable bonds is 1. The fourth-order valence-corrected chi connectivity index (χ4v) is 1.33. The van der Waals surface area contributed by atoms with Crippen molar-refractivity contribution < 1.29 is 4.39 Å². The largest absolute Gasteiger partial charge is 0.211 e. The van der Waals surface area contributed by atoms with Gasteiger partial charge >= 0.3 is 0 Å². The lowest BCUT2D eigenvalue weighted by Gasteiger charge is -2.19. The highest BCUT2D eigenvalue weighted by Crippen LogP contribution is 2.29. The van der Waals surface area contributed by atoms with E-state index in [4.69, 9.17) is 0 Å². The Hall–Kier alpha value is -1.03. The highest BCUT2D eigenvalue weighted by Gasteiger charge is 2.20. The van der Waals surface area contributed by atoms with Gasteiger partial charge in [-0.1, -0.05) is 19.1 Å². The van der Waals surface area contributed by atoms with Crippen LogP contribution in [0.25, 0.3) is 0 Å². The van der Waals surface area contributed by atoms with Crippen LogP contribution in [0.15, 0.2) is 24.1 Å². The van der Waals surface area contributed by atoms with Gasteiger partial charge in [0.05, 0.1) is 0 Å². The van der Waals surface area contributed by atoms with Gasteiger partial charge in [-0.2, -0.15) is 0 Å². The van der Waals surface area contributed by atoms with Crippen molar-refractivity contribution in [3.63, 3.8) is 0 Å². The molecular formula is C11H13F. The third-order valence-corrected chi connectivity index (χ3v) is 2.16. The molecule has 2 unspecified atom stereocenters. The molecule has 0 aromatic rings. The number of hydrogen-bond donors (Lipinski definition) is 0. The Morgan fingerprint density at radius 2 is 2.33 bits per heavy atom. The summed E-state index contributed by atoms with van der Waals surface area (Å²) in [6.45, 7) is 3.80. The van der Waals surface area contributed by atoms with Crippen LogP contribution in [-0.2, 0) is 0 Å². The van der Waals surface area contributed by atoms with Gasteiger partial charge in [0.15, 0.2) is 0 Å². The molecule has 0 N–H and O–H groups in total. The van der Waals surface area contributed by atoms with E-state index in [0.717, 1.165) is 0 Å². The zero-order chi connectivity index (χ0) is 8.97. The molecule has 0 spiro atoms. The van der Waals surface area contributed by atoms with Gasteiger partial charge in [-0.25, -0.2) is 4.39 Å². The summed E-state index contributed by atoms with van der Waals surface area (Å²) in [5, 5.41) is 0. The van der Waals surface area contributed by atoms with Gasteiger partial charge in [-0.3, -0.25) is 0 Å². The molecule has 12 heavy (non-hydrogen) atoms. The summed E-state index contributed by atoms with van der Waals surface area (Å²) in [6, 6.07) is 0. The third-order valence-electron chi connectivity index (χ3n) is 2.16. The molecule has 0 amide bonds. The molecule has 2 atom stereocenters. The average molecular weight is 164 g/mol. The van der Waals surface area contributed by atoms with Crippen LogP contribution in [0, 0.1) is 23.7 Å². The summed E-state index contributed by atoms with van der Waals surface area (Å²) in [5.41, 5.74) is 0. The minimum absolute atomic E-state index is 0.0255. The van der Waals surface area contributed by atoms with Crippen molar-refractivity contribution in [2.45, 2.75) is 20.3 Å². The van der Waals surface area contributed by atoms with E-state index < -0.39 is 0 Å². The van der Waals surface area contributed by atoms with Crippen molar-refractivity contribution >= 4 is 0 Å². The van der Waals surface area contributed by atoms with Crippen molar-refractivity contribution in [2.24, 2.45) is 11.8 Å². The standard InChI is InChI=1S/C11H13F/c1-3-4-7-10-9(2)6-5-8-11(10)12/h5-6,8-10H,7H2,1-2H3. The minimum atomic E-state index is -0.0345. The maximum atomic E-state index is 13.2. The summed E-state index contributed by atoms with van der Waals surface area (Å²) in [5.74, 6) is 5.92. The van der Waals surface area contributed by atoms with Crippen LogP contribution in [0.4, 0.5) is 4.39 Å². The molecule has 0 aliphatic heterocycles. The lowest BCUT2D eigenvalue weighted by molar-refractivity contribution is 0.395. The van der Waals surface area contributed by atoms with Crippen LogP contribution >= 0.6 is 0 Å². The van der Waals surface area contributed by atoms with Gasteiger partial charge in [-0.05, 0) is 18.9 Å². The fourth-order valence-electron chi connectivity index (χ4n) is 1.33. The van der Waals surface area contributed by atoms with E-state index in [9.17, 15) is 4.39 Å². The molecule has 0 saturated carbocycles. The molecule has 1 heteroatoms. The quantitative estimate of drug-likeness (QED) is 0.522. The first kappa shape index (κ1) is 9.06. The van der Waals surface area contributed by atoms with Crippen LogP contribution in [0.5, 0.6) is 0 Å². The number of halogens is 1. The Morgan fingerprint density at radius 3 is 2.92 bits per heavy atom. The predicted octanol–water partition coefficient (Wildman–Crippen LogP) is 3.08. The van der Waals surface area contributed by atoms with Crippen LogP contribution in [0.2, 0.25) is 0 Å². The molecule has 0 nitrogen and oxygen atoms in total. The van der Waals surface area contributed by atoms with Gasteiger partial charge in [0.1, 0.15) is 5.83 Å². The molecule has 1 aliphatic carbocycles. The Morgan fingerprint density at radius 1 is 1.58 bits per heavy atom. The van der Waals surface area contributed by atoms with Crippen molar-refractivity contribution in [1.29, 1.82) is 0 Å². The highest BCUT2D eigenvalue weighted by atomic mass is 19.1. The zero-order valence-electron chi connectivity index (χ0n) is 7.47. The SMILES string of the molecule is CC#CCC1C(F)=CC=CC1C. The van der Waals surface area contributed by atoms with Crippen LogP contribution in [-0.4, -0.2) is 0 Å². The van der Waals surface area contributed by atoms with Crippen molar-refractivity contribution in [3.05, 3.63) is 24.1 Å². The molecule has 0 bridgehead atoms. The molecule has 1 aliphatic rings. The Balaban J connectivity index is 2.66. The van der Waals surface area contributed by atoms with E-state index in [1.807, 2.05) is 13.0 Å². The van der Waals surface area contributed by atoms with Crippen LogP contribution in [0.3, 0.4) is 0 Å². The van der Waals surface area contributed by atoms with Gasteiger partial charge < -0.3 is 0 Å². The monoisotopic (exact) mass is 164 g/mol. The van der Waals surface area contributed by atoms with E-state index in [-0.39, 0.29) is 17.7 Å². The van der Waals surface area contributed by atoms with Gasteiger partial charge in [0.25, 0.3) is 0 Å². The second-order valence-corrected chi connectivity index (χ2v) is 3.03. The van der Waals surface area contributed by atoms with Crippen molar-refractivity contribution in [1.82, 2.24) is 0 Å².